The Morgan fingerprint density at radius 2 is 0.867 bits per heavy atom. The summed E-state index contributed by atoms with van der Waals surface area (Å²) in [5.74, 6) is 4.93. The number of rotatable bonds is 0. The Morgan fingerprint density at radius 3 is 1.20 bits per heavy atom. The Morgan fingerprint density at radius 1 is 0.533 bits per heavy atom. The maximum Gasteiger partial charge on any atom is -0.0167 e. The Kier molecular flexibility index (Phi) is 1.18. The molecule has 0 nitrogen and oxygen atoms in total. The van der Waals surface area contributed by atoms with E-state index in [1.54, 1.807) is 57.8 Å². The van der Waals surface area contributed by atoms with Crippen LogP contribution >= 0.6 is 0 Å². The summed E-state index contributed by atoms with van der Waals surface area (Å²) in [7, 11) is 0. The molecule has 4 atom stereocenters. The van der Waals surface area contributed by atoms with Crippen LogP contribution in [0.2, 0.25) is 0 Å². The minimum atomic E-state index is 0.989. The maximum atomic E-state index is 1.70. The lowest BCUT2D eigenvalue weighted by atomic mass is 10.0. The Bertz CT molecular complexity index is 273. The van der Waals surface area contributed by atoms with Crippen LogP contribution in [-0.2, 0) is 0 Å². The molecule has 0 radical (unpaired) electrons. The Labute approximate surface area is 92.8 Å². The van der Waals surface area contributed by atoms with Gasteiger partial charge in [-0.2, -0.15) is 0 Å². The average Bonchev–Trinajstić information content (AvgIpc) is 3.23. The Balaban J connectivity index is 1.47. The van der Waals surface area contributed by atoms with Crippen molar-refractivity contribution in [3.63, 3.8) is 0 Å². The van der Waals surface area contributed by atoms with Crippen molar-refractivity contribution in [2.24, 2.45) is 34.5 Å². The molecule has 2 spiro atoms. The monoisotopic (exact) mass is 202 g/mol. The average molecular weight is 202 g/mol. The van der Waals surface area contributed by atoms with Crippen LogP contribution in [0.4, 0.5) is 0 Å². The molecule has 0 aromatic heterocycles. The van der Waals surface area contributed by atoms with Crippen LogP contribution in [0.5, 0.6) is 0 Å². The van der Waals surface area contributed by atoms with Crippen LogP contribution in [0, 0.1) is 34.5 Å². The van der Waals surface area contributed by atoms with Crippen molar-refractivity contribution >= 4 is 0 Å². The van der Waals surface area contributed by atoms with Crippen molar-refractivity contribution in [2.45, 2.75) is 57.8 Å². The second kappa shape index (κ2) is 2.17. The van der Waals surface area contributed by atoms with E-state index in [0.29, 0.717) is 0 Å². The van der Waals surface area contributed by atoms with Gasteiger partial charge in [-0.05, 0) is 66.6 Å². The van der Waals surface area contributed by atoms with Gasteiger partial charge in [0, 0.05) is 0 Å². The van der Waals surface area contributed by atoms with Gasteiger partial charge in [-0.25, -0.2) is 0 Å². The summed E-state index contributed by atoms with van der Waals surface area (Å²) in [5.41, 5.74) is 1.98. The molecule has 5 fully saturated rings. The summed E-state index contributed by atoms with van der Waals surface area (Å²) in [5, 5.41) is 0. The van der Waals surface area contributed by atoms with E-state index in [-0.39, 0.29) is 0 Å². The number of fused-ring (bicyclic) bond motifs is 7. The van der Waals surface area contributed by atoms with Gasteiger partial charge >= 0.3 is 0 Å². The van der Waals surface area contributed by atoms with E-state index in [1.807, 2.05) is 0 Å². The number of hydrogen-bond donors (Lipinski definition) is 0. The normalized spacial score (nSPS) is 68.8. The standard InChI is InChI=1S/C15H22/c1-2-6-11-10(5-1)14(11)9-15(14)12-7-3-4-8-13(12)15/h10-13H,1-9H2/t10-,11-,12+,13+. The zero-order chi connectivity index (χ0) is 9.67. The lowest BCUT2D eigenvalue weighted by molar-refractivity contribution is 0.480. The molecule has 0 heteroatoms. The van der Waals surface area contributed by atoms with Crippen molar-refractivity contribution in [3.05, 3.63) is 0 Å². The summed E-state index contributed by atoms with van der Waals surface area (Å²) in [6.45, 7) is 0. The van der Waals surface area contributed by atoms with Gasteiger partial charge in [0.15, 0.2) is 0 Å². The third kappa shape index (κ3) is 0.666. The molecule has 5 aliphatic rings. The highest BCUT2D eigenvalue weighted by molar-refractivity contribution is 5.41. The van der Waals surface area contributed by atoms with Crippen molar-refractivity contribution in [3.8, 4) is 0 Å². The van der Waals surface area contributed by atoms with E-state index in [2.05, 4.69) is 0 Å². The summed E-state index contributed by atoms with van der Waals surface area (Å²) >= 11 is 0. The second-order valence-corrected chi connectivity index (χ2v) is 7.25. The predicted molar refractivity (Wildman–Crippen MR) is 60.4 cm³/mol. The van der Waals surface area contributed by atoms with Crippen molar-refractivity contribution < 1.29 is 0 Å². The highest BCUT2D eigenvalue weighted by Crippen LogP contribution is 3.00. The highest BCUT2D eigenvalue weighted by atomic mass is 15.0. The largest absolute Gasteiger partial charge is 0.0530 e. The minimum Gasteiger partial charge on any atom is -0.0530 e. The van der Waals surface area contributed by atoms with Crippen LogP contribution in [0.1, 0.15) is 57.8 Å². The second-order valence-electron chi connectivity index (χ2n) is 7.25. The van der Waals surface area contributed by atoms with Gasteiger partial charge < -0.3 is 0 Å². The fourth-order valence-corrected chi connectivity index (χ4v) is 6.85. The molecule has 0 aliphatic heterocycles. The van der Waals surface area contributed by atoms with Crippen LogP contribution in [0.3, 0.4) is 0 Å². The smallest absolute Gasteiger partial charge is 0.0167 e. The lowest BCUT2D eigenvalue weighted by Gasteiger charge is -2.04. The molecule has 82 valence electrons. The zero-order valence-corrected chi connectivity index (χ0v) is 9.67. The first kappa shape index (κ1) is 8.14. The van der Waals surface area contributed by atoms with E-state index < -0.39 is 0 Å². The summed E-state index contributed by atoms with van der Waals surface area (Å²) in [4.78, 5) is 0. The van der Waals surface area contributed by atoms with Crippen LogP contribution in [-0.4, -0.2) is 0 Å². The van der Waals surface area contributed by atoms with Crippen molar-refractivity contribution in [1.82, 2.24) is 0 Å². The predicted octanol–water partition coefficient (Wildman–Crippen LogP) is 4.00. The molecular weight excluding hydrogens is 180 g/mol. The summed E-state index contributed by atoms with van der Waals surface area (Å²) in [6.07, 6.45) is 14.4. The van der Waals surface area contributed by atoms with Gasteiger partial charge in [0.2, 0.25) is 0 Å². The summed E-state index contributed by atoms with van der Waals surface area (Å²) in [6, 6.07) is 0. The molecule has 5 aliphatic carbocycles. The summed E-state index contributed by atoms with van der Waals surface area (Å²) < 4.78 is 0. The first-order chi connectivity index (χ1) is 7.41. The van der Waals surface area contributed by atoms with Crippen molar-refractivity contribution in [2.75, 3.05) is 0 Å². The molecule has 0 N–H and O–H groups in total. The zero-order valence-electron chi connectivity index (χ0n) is 9.67. The van der Waals surface area contributed by atoms with E-state index >= 15 is 0 Å². The fraction of sp³-hybridized carbons (Fsp3) is 1.00. The first-order valence-corrected chi connectivity index (χ1v) is 7.41. The highest BCUT2D eigenvalue weighted by Gasteiger charge is 2.94. The fourth-order valence-electron chi connectivity index (χ4n) is 6.85. The first-order valence-electron chi connectivity index (χ1n) is 7.41. The topological polar surface area (TPSA) is 0 Å². The van der Waals surface area contributed by atoms with Gasteiger partial charge in [0.1, 0.15) is 0 Å². The van der Waals surface area contributed by atoms with Crippen molar-refractivity contribution in [1.29, 1.82) is 0 Å². The number of hydrogen-bond acceptors (Lipinski definition) is 0. The molecule has 0 heterocycles. The molecular formula is C15H22. The van der Waals surface area contributed by atoms with E-state index in [4.69, 9.17) is 0 Å². The third-order valence-electron chi connectivity index (χ3n) is 7.29. The van der Waals surface area contributed by atoms with Gasteiger partial charge in [0.05, 0.1) is 0 Å². The van der Waals surface area contributed by atoms with E-state index in [1.165, 1.54) is 23.7 Å². The lowest BCUT2D eigenvalue weighted by Crippen LogP contribution is -1.91. The molecule has 0 bridgehead atoms. The minimum absolute atomic E-state index is 0.989. The SMILES string of the molecule is C1CC[C@@H]2[C@@H](C1)C21CC12[C@H]1CCCC[C@@H]12. The molecule has 5 saturated carbocycles. The quantitative estimate of drug-likeness (QED) is 0.557. The molecule has 0 aromatic carbocycles. The van der Waals surface area contributed by atoms with Gasteiger partial charge in [-0.3, -0.25) is 0 Å². The third-order valence-corrected chi connectivity index (χ3v) is 7.29. The van der Waals surface area contributed by atoms with Gasteiger partial charge in [0.25, 0.3) is 0 Å². The van der Waals surface area contributed by atoms with E-state index in [0.717, 1.165) is 10.8 Å². The van der Waals surface area contributed by atoms with Gasteiger partial charge in [-0.15, -0.1) is 0 Å². The van der Waals surface area contributed by atoms with Crippen LogP contribution in [0.15, 0.2) is 0 Å². The van der Waals surface area contributed by atoms with E-state index in [9.17, 15) is 0 Å². The molecule has 0 aromatic rings. The molecule has 5 rings (SSSR count). The Hall–Kier alpha value is 0. The molecule has 0 unspecified atom stereocenters. The molecule has 0 amide bonds. The van der Waals surface area contributed by atoms with Gasteiger partial charge in [-0.1, -0.05) is 25.7 Å². The van der Waals surface area contributed by atoms with Crippen LogP contribution in [0.25, 0.3) is 0 Å². The molecule has 0 saturated heterocycles. The maximum absolute atomic E-state index is 1.70. The molecule has 15 heavy (non-hydrogen) atoms. The van der Waals surface area contributed by atoms with Crippen LogP contribution < -0.4 is 0 Å².